The van der Waals surface area contributed by atoms with Crippen LogP contribution in [0.4, 0.5) is 0 Å². The summed E-state index contributed by atoms with van der Waals surface area (Å²) in [5.74, 6) is 0.864. The fourth-order valence-electron chi connectivity index (χ4n) is 4.18. The van der Waals surface area contributed by atoms with Crippen molar-refractivity contribution in [3.8, 4) is 16.9 Å². The first-order chi connectivity index (χ1) is 13.7. The molecule has 3 unspecified atom stereocenters. The van der Waals surface area contributed by atoms with E-state index in [9.17, 15) is 5.11 Å². The standard InChI is InChI=1S/C23H29NO4/c1-26-20-8-6-19(7-9-20)18-4-2-17(3-5-18)16-28-21-14-22(23(25)15-21)24-10-12-27-13-11-24/h2-9,21-23,25H,10-16H2,1H3. The quantitative estimate of drug-likeness (QED) is 0.831. The topological polar surface area (TPSA) is 51.2 Å². The minimum atomic E-state index is -0.305. The number of hydrogen-bond donors (Lipinski definition) is 1. The summed E-state index contributed by atoms with van der Waals surface area (Å²) in [5, 5.41) is 10.4. The molecule has 2 aromatic carbocycles. The Kier molecular flexibility index (Phi) is 6.27. The number of aliphatic hydroxyl groups excluding tert-OH is 1. The lowest BCUT2D eigenvalue weighted by molar-refractivity contribution is -0.0121. The van der Waals surface area contributed by atoms with E-state index in [1.807, 2.05) is 12.1 Å². The van der Waals surface area contributed by atoms with Gasteiger partial charge in [0.2, 0.25) is 0 Å². The molecule has 0 spiro atoms. The highest BCUT2D eigenvalue weighted by molar-refractivity contribution is 5.64. The van der Waals surface area contributed by atoms with Crippen LogP contribution in [0.1, 0.15) is 18.4 Å². The van der Waals surface area contributed by atoms with Gasteiger partial charge in [0.15, 0.2) is 0 Å². The van der Waals surface area contributed by atoms with E-state index in [1.165, 1.54) is 11.1 Å². The Bertz CT molecular complexity index is 740. The van der Waals surface area contributed by atoms with Gasteiger partial charge in [-0.05, 0) is 35.2 Å². The number of morpholine rings is 1. The average molecular weight is 383 g/mol. The van der Waals surface area contributed by atoms with Gasteiger partial charge in [0, 0.05) is 25.6 Å². The predicted octanol–water partition coefficient (Wildman–Crippen LogP) is 3.10. The van der Waals surface area contributed by atoms with Gasteiger partial charge in [-0.2, -0.15) is 0 Å². The smallest absolute Gasteiger partial charge is 0.118 e. The second-order valence-corrected chi connectivity index (χ2v) is 7.61. The van der Waals surface area contributed by atoms with Crippen LogP contribution in [0.25, 0.3) is 11.1 Å². The molecule has 1 aliphatic heterocycles. The van der Waals surface area contributed by atoms with Crippen LogP contribution in [0.2, 0.25) is 0 Å². The van der Waals surface area contributed by atoms with Crippen LogP contribution in [0.15, 0.2) is 48.5 Å². The lowest BCUT2D eigenvalue weighted by atomic mass is 10.0. The largest absolute Gasteiger partial charge is 0.497 e. The van der Waals surface area contributed by atoms with Crippen LogP contribution in [-0.4, -0.2) is 61.7 Å². The van der Waals surface area contributed by atoms with Crippen molar-refractivity contribution < 1.29 is 19.3 Å². The molecule has 1 heterocycles. The third-order valence-electron chi connectivity index (χ3n) is 5.83. The first kappa shape index (κ1) is 19.4. The average Bonchev–Trinajstić information content (AvgIpc) is 3.14. The highest BCUT2D eigenvalue weighted by Crippen LogP contribution is 2.29. The lowest BCUT2D eigenvalue weighted by Gasteiger charge is -2.33. The highest BCUT2D eigenvalue weighted by Gasteiger charge is 2.37. The Morgan fingerprint density at radius 3 is 2.25 bits per heavy atom. The first-order valence-corrected chi connectivity index (χ1v) is 10.1. The molecule has 2 aromatic rings. The zero-order chi connectivity index (χ0) is 19.3. The number of aliphatic hydroxyl groups is 1. The summed E-state index contributed by atoms with van der Waals surface area (Å²) in [7, 11) is 1.68. The normalized spacial score (nSPS) is 25.7. The molecule has 5 nitrogen and oxygen atoms in total. The van der Waals surface area contributed by atoms with Crippen molar-refractivity contribution in [2.24, 2.45) is 0 Å². The Labute approximate surface area is 166 Å². The van der Waals surface area contributed by atoms with Gasteiger partial charge < -0.3 is 19.3 Å². The van der Waals surface area contributed by atoms with E-state index in [0.717, 1.165) is 44.0 Å². The monoisotopic (exact) mass is 383 g/mol. The van der Waals surface area contributed by atoms with Crippen LogP contribution in [0.5, 0.6) is 5.75 Å². The maximum absolute atomic E-state index is 10.4. The molecule has 1 N–H and O–H groups in total. The minimum absolute atomic E-state index is 0.115. The molecule has 2 aliphatic rings. The number of hydrogen-bond acceptors (Lipinski definition) is 5. The van der Waals surface area contributed by atoms with Crippen molar-refractivity contribution in [1.82, 2.24) is 4.90 Å². The van der Waals surface area contributed by atoms with E-state index in [0.29, 0.717) is 13.0 Å². The first-order valence-electron chi connectivity index (χ1n) is 10.1. The van der Waals surface area contributed by atoms with Gasteiger partial charge in [-0.15, -0.1) is 0 Å². The van der Waals surface area contributed by atoms with E-state index >= 15 is 0 Å². The number of methoxy groups -OCH3 is 1. The van der Waals surface area contributed by atoms with Crippen molar-refractivity contribution >= 4 is 0 Å². The van der Waals surface area contributed by atoms with Gasteiger partial charge in [-0.3, -0.25) is 4.90 Å². The molecule has 1 saturated carbocycles. The van der Waals surface area contributed by atoms with Crippen LogP contribution in [0, 0.1) is 0 Å². The third-order valence-corrected chi connectivity index (χ3v) is 5.83. The summed E-state index contributed by atoms with van der Waals surface area (Å²) < 4.78 is 16.8. The van der Waals surface area contributed by atoms with E-state index in [2.05, 4.69) is 41.3 Å². The minimum Gasteiger partial charge on any atom is -0.497 e. The fourth-order valence-corrected chi connectivity index (χ4v) is 4.18. The SMILES string of the molecule is COc1ccc(-c2ccc(COC3CC(O)C(N4CCOCC4)C3)cc2)cc1. The lowest BCUT2D eigenvalue weighted by Crippen LogP contribution is -2.46. The Morgan fingerprint density at radius 2 is 1.61 bits per heavy atom. The molecule has 4 rings (SSSR count). The van der Waals surface area contributed by atoms with Gasteiger partial charge in [-0.25, -0.2) is 0 Å². The van der Waals surface area contributed by atoms with Gasteiger partial charge in [0.1, 0.15) is 5.75 Å². The molecule has 0 bridgehead atoms. The van der Waals surface area contributed by atoms with Crippen LogP contribution < -0.4 is 4.74 Å². The molecule has 0 amide bonds. The molecular formula is C23H29NO4. The zero-order valence-electron chi connectivity index (χ0n) is 16.4. The molecule has 28 heavy (non-hydrogen) atoms. The summed E-state index contributed by atoms with van der Waals surface area (Å²) in [5.41, 5.74) is 3.50. The molecule has 1 saturated heterocycles. The second-order valence-electron chi connectivity index (χ2n) is 7.61. The number of rotatable bonds is 6. The molecular weight excluding hydrogens is 354 g/mol. The number of nitrogens with zero attached hydrogens (tertiary/aromatic N) is 1. The molecule has 150 valence electrons. The van der Waals surface area contributed by atoms with E-state index in [4.69, 9.17) is 14.2 Å². The Hall–Kier alpha value is -1.92. The molecule has 2 fully saturated rings. The van der Waals surface area contributed by atoms with Gasteiger partial charge >= 0.3 is 0 Å². The van der Waals surface area contributed by atoms with Gasteiger partial charge in [0.25, 0.3) is 0 Å². The van der Waals surface area contributed by atoms with E-state index in [1.54, 1.807) is 7.11 Å². The van der Waals surface area contributed by atoms with Gasteiger partial charge in [0.05, 0.1) is 39.1 Å². The molecule has 1 aliphatic carbocycles. The maximum Gasteiger partial charge on any atom is 0.118 e. The van der Waals surface area contributed by atoms with Crippen molar-refractivity contribution in [3.63, 3.8) is 0 Å². The zero-order valence-corrected chi connectivity index (χ0v) is 16.4. The summed E-state index contributed by atoms with van der Waals surface area (Å²) in [6.07, 6.45) is 1.42. The van der Waals surface area contributed by atoms with Crippen molar-refractivity contribution in [2.75, 3.05) is 33.4 Å². The summed E-state index contributed by atoms with van der Waals surface area (Å²) in [4.78, 5) is 2.35. The summed E-state index contributed by atoms with van der Waals surface area (Å²) >= 11 is 0. The number of benzene rings is 2. The van der Waals surface area contributed by atoms with E-state index < -0.39 is 0 Å². The summed E-state index contributed by atoms with van der Waals surface area (Å²) in [6, 6.07) is 16.8. The Balaban J connectivity index is 1.30. The van der Waals surface area contributed by atoms with Crippen molar-refractivity contribution in [1.29, 1.82) is 0 Å². The molecule has 0 aromatic heterocycles. The van der Waals surface area contributed by atoms with Crippen molar-refractivity contribution in [2.45, 2.75) is 37.7 Å². The van der Waals surface area contributed by atoms with Crippen LogP contribution in [0.3, 0.4) is 0 Å². The molecule has 0 radical (unpaired) electrons. The van der Waals surface area contributed by atoms with Crippen molar-refractivity contribution in [3.05, 3.63) is 54.1 Å². The third kappa shape index (κ3) is 4.55. The Morgan fingerprint density at radius 1 is 0.964 bits per heavy atom. The van der Waals surface area contributed by atoms with Crippen LogP contribution in [-0.2, 0) is 16.1 Å². The fraction of sp³-hybridized carbons (Fsp3) is 0.478. The highest BCUT2D eigenvalue weighted by atomic mass is 16.5. The predicted molar refractivity (Wildman–Crippen MR) is 108 cm³/mol. The summed E-state index contributed by atoms with van der Waals surface area (Å²) in [6.45, 7) is 3.91. The number of ether oxygens (including phenoxy) is 3. The van der Waals surface area contributed by atoms with Crippen LogP contribution >= 0.6 is 0 Å². The maximum atomic E-state index is 10.4. The molecule has 3 atom stereocenters. The second kappa shape index (κ2) is 9.05. The van der Waals surface area contributed by atoms with Gasteiger partial charge in [-0.1, -0.05) is 36.4 Å². The molecule has 5 heteroatoms. The van der Waals surface area contributed by atoms with E-state index in [-0.39, 0.29) is 18.2 Å².